The fraction of sp³-hybridized carbons (Fsp3) is 0.586. The summed E-state index contributed by atoms with van der Waals surface area (Å²) in [4.78, 5) is 20.4. The summed E-state index contributed by atoms with van der Waals surface area (Å²) in [6.07, 6.45) is 2.47. The summed E-state index contributed by atoms with van der Waals surface area (Å²) in [6, 6.07) is 4.60. The molecule has 3 aromatic rings. The summed E-state index contributed by atoms with van der Waals surface area (Å²) in [6.45, 7) is 6.83. The highest BCUT2D eigenvalue weighted by atomic mass is 32.2. The Balaban J connectivity index is 1.30. The molecule has 1 saturated carbocycles. The number of nitrogens with one attached hydrogen (secondary N) is 1. The third-order valence-electron chi connectivity index (χ3n) is 9.07. The second kappa shape index (κ2) is 10.8. The molecule has 5 heterocycles. The highest BCUT2D eigenvalue weighted by Gasteiger charge is 2.62. The first-order valence-electron chi connectivity index (χ1n) is 14.8. The van der Waals surface area contributed by atoms with Gasteiger partial charge in [0.1, 0.15) is 10.7 Å². The van der Waals surface area contributed by atoms with E-state index in [1.165, 1.54) is 16.9 Å². The number of pyridine rings is 1. The normalized spacial score (nSPS) is 22.5. The maximum atomic E-state index is 13.6. The van der Waals surface area contributed by atoms with Gasteiger partial charge in [-0.15, -0.1) is 5.10 Å². The molecule has 11 nitrogen and oxygen atoms in total. The molecular weight excluding hydrogens is 599 g/mol. The monoisotopic (exact) mass is 635 g/mol. The lowest BCUT2D eigenvalue weighted by molar-refractivity contribution is -0.190. The lowest BCUT2D eigenvalue weighted by atomic mass is 9.93. The minimum Gasteiger partial charge on any atom is -0.477 e. The summed E-state index contributed by atoms with van der Waals surface area (Å²) in [5.41, 5.74) is -1.63. The number of carbonyl (C=O) groups is 1. The predicted octanol–water partition coefficient (Wildman–Crippen LogP) is 4.79. The van der Waals surface area contributed by atoms with E-state index in [1.54, 1.807) is 29.9 Å². The van der Waals surface area contributed by atoms with Crippen molar-refractivity contribution >= 4 is 21.7 Å². The first-order valence-corrected chi connectivity index (χ1v) is 16.3. The Labute approximate surface area is 253 Å². The molecule has 3 aliphatic rings. The molecule has 1 atom stereocenters. The van der Waals surface area contributed by atoms with Crippen molar-refractivity contribution < 1.29 is 31.1 Å². The van der Waals surface area contributed by atoms with E-state index in [0.717, 1.165) is 25.7 Å². The van der Waals surface area contributed by atoms with E-state index in [0.29, 0.717) is 36.3 Å². The van der Waals surface area contributed by atoms with Gasteiger partial charge in [-0.3, -0.25) is 9.48 Å². The van der Waals surface area contributed by atoms with Crippen LogP contribution in [0.1, 0.15) is 74.8 Å². The third kappa shape index (κ3) is 5.77. The number of nitrogens with zero attached hydrogens (tertiary/aromatic N) is 6. The van der Waals surface area contributed by atoms with Crippen molar-refractivity contribution in [3.63, 3.8) is 0 Å². The largest absolute Gasteiger partial charge is 0.477 e. The van der Waals surface area contributed by atoms with E-state index in [2.05, 4.69) is 33.7 Å². The number of amides is 1. The quantitative estimate of drug-likeness (QED) is 0.425. The van der Waals surface area contributed by atoms with Gasteiger partial charge in [0.25, 0.3) is 15.9 Å². The van der Waals surface area contributed by atoms with Gasteiger partial charge in [0.05, 0.1) is 23.3 Å². The molecule has 0 unspecified atom stereocenters. The number of halogens is 3. The predicted molar refractivity (Wildman–Crippen MR) is 154 cm³/mol. The fourth-order valence-electron chi connectivity index (χ4n) is 6.41. The van der Waals surface area contributed by atoms with Crippen molar-refractivity contribution in [1.29, 1.82) is 0 Å². The number of rotatable bonds is 5. The standard InChI is InChI=1S/C29H36F3N7O4S/c1-19-22-18-37(34-19)13-5-4-6-20-16-27(2,3)38(17-20)25-21(26(40)36-44(22,41)42)7-8-23(33-25)39-14-9-24(35-39)43-15-12-28(10-11-28)29(30,31)32/h7-9,14,18,20H,4-6,10-13,15-17H2,1-3H3,(H,36,40)/t20-/m1/s1. The van der Waals surface area contributed by atoms with Crippen LogP contribution in [0.5, 0.6) is 5.88 Å². The first-order chi connectivity index (χ1) is 20.7. The smallest absolute Gasteiger partial charge is 0.394 e. The molecular formula is C29H36F3N7O4S. The molecule has 0 aromatic carbocycles. The van der Waals surface area contributed by atoms with Crippen molar-refractivity contribution in [2.45, 2.75) is 88.9 Å². The van der Waals surface area contributed by atoms with Crippen LogP contribution in [0, 0.1) is 18.3 Å². The van der Waals surface area contributed by atoms with Crippen molar-refractivity contribution in [2.75, 3.05) is 18.1 Å². The Hall–Kier alpha value is -3.62. The van der Waals surface area contributed by atoms with E-state index in [4.69, 9.17) is 9.72 Å². The Morgan fingerprint density at radius 1 is 1.14 bits per heavy atom. The topological polar surface area (TPSA) is 124 Å². The minimum atomic E-state index is -4.25. The third-order valence-corrected chi connectivity index (χ3v) is 10.5. The number of aromatic nitrogens is 5. The second-order valence-electron chi connectivity index (χ2n) is 12.8. The first kappa shape index (κ1) is 30.4. The van der Waals surface area contributed by atoms with E-state index < -0.39 is 27.5 Å². The Kier molecular flexibility index (Phi) is 7.45. The Morgan fingerprint density at radius 3 is 2.64 bits per heavy atom. The van der Waals surface area contributed by atoms with Crippen LogP contribution in [0.15, 0.2) is 35.5 Å². The van der Waals surface area contributed by atoms with E-state index >= 15 is 0 Å². The molecule has 2 fully saturated rings. The average Bonchev–Trinajstić information content (AvgIpc) is 3.27. The highest BCUT2D eigenvalue weighted by molar-refractivity contribution is 7.90. The summed E-state index contributed by atoms with van der Waals surface area (Å²) in [7, 11) is -4.22. The van der Waals surface area contributed by atoms with Crippen LogP contribution in [-0.4, -0.2) is 63.7 Å². The molecule has 15 heteroatoms. The molecule has 238 valence electrons. The van der Waals surface area contributed by atoms with E-state index in [1.807, 2.05) is 0 Å². The van der Waals surface area contributed by atoms with Gasteiger partial charge in [0.15, 0.2) is 5.82 Å². The van der Waals surface area contributed by atoms with E-state index in [-0.39, 0.29) is 47.7 Å². The zero-order valence-corrected chi connectivity index (χ0v) is 25.7. The number of hydrogen-bond donors (Lipinski definition) is 1. The lowest BCUT2D eigenvalue weighted by Crippen LogP contribution is -2.41. The lowest BCUT2D eigenvalue weighted by Gasteiger charge is -2.34. The SMILES string of the molecule is Cc1nn2cc1S(=O)(=O)NC(=O)c1ccc(-n3ccc(OCCC4(C(F)(F)F)CC4)n3)nc1N1C[C@H](CCCC2)CC1(C)C. The summed E-state index contributed by atoms with van der Waals surface area (Å²) < 4.78 is 77.2. The molecule has 2 aliphatic heterocycles. The molecule has 0 spiro atoms. The number of alkyl halides is 3. The van der Waals surface area contributed by atoms with Gasteiger partial charge in [0.2, 0.25) is 5.88 Å². The van der Waals surface area contributed by atoms with Gasteiger partial charge in [0, 0.05) is 37.1 Å². The number of fused-ring (bicyclic) bond motifs is 6. The Morgan fingerprint density at radius 2 is 1.91 bits per heavy atom. The minimum absolute atomic E-state index is 0.0547. The number of anilines is 1. The number of sulfonamides is 1. The molecule has 44 heavy (non-hydrogen) atoms. The van der Waals surface area contributed by atoms with Crippen LogP contribution in [0.25, 0.3) is 5.82 Å². The molecule has 4 bridgehead atoms. The number of hydrogen-bond acceptors (Lipinski definition) is 8. The van der Waals surface area contributed by atoms with E-state index in [9.17, 15) is 26.4 Å². The zero-order chi connectivity index (χ0) is 31.5. The molecule has 1 amide bonds. The van der Waals surface area contributed by atoms with Gasteiger partial charge >= 0.3 is 6.18 Å². The molecule has 0 radical (unpaired) electrons. The maximum absolute atomic E-state index is 13.6. The number of aryl methyl sites for hydroxylation is 2. The zero-order valence-electron chi connectivity index (χ0n) is 24.9. The fourth-order valence-corrected chi connectivity index (χ4v) is 7.56. The summed E-state index contributed by atoms with van der Waals surface area (Å²) in [5.74, 6) is 0.346. The van der Waals surface area contributed by atoms with Gasteiger partial charge in [-0.2, -0.15) is 18.3 Å². The van der Waals surface area contributed by atoms with Gasteiger partial charge in [-0.1, -0.05) is 6.42 Å². The van der Waals surface area contributed by atoms with Crippen molar-refractivity contribution in [3.05, 3.63) is 41.9 Å². The molecule has 1 N–H and O–H groups in total. The second-order valence-corrected chi connectivity index (χ2v) is 14.4. The van der Waals surface area contributed by atoms with Crippen molar-refractivity contribution in [3.8, 4) is 11.7 Å². The van der Waals surface area contributed by atoms with Crippen molar-refractivity contribution in [2.24, 2.45) is 11.3 Å². The summed E-state index contributed by atoms with van der Waals surface area (Å²) >= 11 is 0. The van der Waals surface area contributed by atoms with Crippen LogP contribution in [0.2, 0.25) is 0 Å². The summed E-state index contributed by atoms with van der Waals surface area (Å²) in [5, 5.41) is 8.70. The molecule has 1 aliphatic carbocycles. The van der Waals surface area contributed by atoms with Crippen LogP contribution in [0.3, 0.4) is 0 Å². The average molecular weight is 636 g/mol. The maximum Gasteiger partial charge on any atom is 0.394 e. The molecule has 6 rings (SSSR count). The highest BCUT2D eigenvalue weighted by Crippen LogP contribution is 2.59. The molecule has 3 aromatic heterocycles. The van der Waals surface area contributed by atoms with Crippen LogP contribution < -0.4 is 14.4 Å². The number of ether oxygens (including phenoxy) is 1. The molecule has 1 saturated heterocycles. The van der Waals surface area contributed by atoms with Gasteiger partial charge in [-0.25, -0.2) is 22.8 Å². The van der Waals surface area contributed by atoms with Crippen LogP contribution >= 0.6 is 0 Å². The number of carbonyl (C=O) groups excluding carboxylic acids is 1. The van der Waals surface area contributed by atoms with Gasteiger partial charge in [-0.05, 0) is 77.3 Å². The van der Waals surface area contributed by atoms with Crippen LogP contribution in [0.4, 0.5) is 19.0 Å². The van der Waals surface area contributed by atoms with Crippen molar-refractivity contribution in [1.82, 2.24) is 29.3 Å². The van der Waals surface area contributed by atoms with Crippen LogP contribution in [-0.2, 0) is 16.6 Å². The van der Waals surface area contributed by atoms with Gasteiger partial charge < -0.3 is 9.64 Å². The Bertz CT molecular complexity index is 1680.